The Bertz CT molecular complexity index is 181. The number of hydrogen-bond donors (Lipinski definition) is 1. The summed E-state index contributed by atoms with van der Waals surface area (Å²) < 4.78 is 5.12. The first-order valence-electron chi connectivity index (χ1n) is 3.79. The van der Waals surface area contributed by atoms with Gasteiger partial charge in [-0.15, -0.1) is 23.2 Å². The van der Waals surface area contributed by atoms with Gasteiger partial charge in [0.15, 0.2) is 0 Å². The quantitative estimate of drug-likeness (QED) is 0.423. The number of ether oxygens (including phenoxy) is 1. The van der Waals surface area contributed by atoms with E-state index >= 15 is 0 Å². The summed E-state index contributed by atoms with van der Waals surface area (Å²) >= 11 is 11.0. The van der Waals surface area contributed by atoms with E-state index in [0.29, 0.717) is 17.3 Å². The van der Waals surface area contributed by atoms with Crippen LogP contribution in [-0.4, -0.2) is 30.5 Å². The Morgan fingerprint density at radius 1 is 1.54 bits per heavy atom. The molecule has 0 saturated carbocycles. The van der Waals surface area contributed by atoms with Gasteiger partial charge in [-0.1, -0.05) is 6.58 Å². The fraction of sp³-hybridized carbons (Fsp3) is 0.625. The van der Waals surface area contributed by atoms with Gasteiger partial charge in [0.05, 0.1) is 6.10 Å². The van der Waals surface area contributed by atoms with Gasteiger partial charge in [0.2, 0.25) is 5.91 Å². The van der Waals surface area contributed by atoms with Gasteiger partial charge < -0.3 is 10.1 Å². The van der Waals surface area contributed by atoms with Crippen LogP contribution < -0.4 is 5.32 Å². The second-order valence-electron chi connectivity index (χ2n) is 2.53. The van der Waals surface area contributed by atoms with Gasteiger partial charge in [-0.25, -0.2) is 0 Å². The molecule has 3 nitrogen and oxygen atoms in total. The van der Waals surface area contributed by atoms with E-state index in [0.717, 1.165) is 0 Å². The highest BCUT2D eigenvalue weighted by Gasteiger charge is 2.06. The topological polar surface area (TPSA) is 38.3 Å². The molecule has 0 radical (unpaired) electrons. The minimum Gasteiger partial charge on any atom is -0.356 e. The van der Waals surface area contributed by atoms with Crippen LogP contribution in [0.4, 0.5) is 0 Å². The molecule has 0 aromatic heterocycles. The molecule has 13 heavy (non-hydrogen) atoms. The molecule has 0 aliphatic heterocycles. The molecule has 1 amide bonds. The van der Waals surface area contributed by atoms with Crippen molar-refractivity contribution in [2.24, 2.45) is 0 Å². The summed E-state index contributed by atoms with van der Waals surface area (Å²) in [7, 11) is 0. The van der Waals surface area contributed by atoms with Crippen LogP contribution in [0.25, 0.3) is 0 Å². The minimum absolute atomic E-state index is 0.107. The van der Waals surface area contributed by atoms with E-state index in [2.05, 4.69) is 11.9 Å². The first kappa shape index (κ1) is 12.8. The molecule has 0 aliphatic carbocycles. The number of amides is 1. The molecule has 0 unspecified atom stereocenters. The van der Waals surface area contributed by atoms with Crippen molar-refractivity contribution in [3.05, 3.63) is 12.2 Å². The maximum Gasteiger partial charge on any atom is 0.248 e. The summed E-state index contributed by atoms with van der Waals surface area (Å²) in [6.07, 6.45) is -0.228. The molecule has 0 bridgehead atoms. The van der Waals surface area contributed by atoms with Crippen LogP contribution >= 0.6 is 23.2 Å². The smallest absolute Gasteiger partial charge is 0.248 e. The highest BCUT2D eigenvalue weighted by atomic mass is 35.5. The van der Waals surface area contributed by atoms with Gasteiger partial charge in [0.25, 0.3) is 0 Å². The van der Waals surface area contributed by atoms with E-state index in [1.54, 1.807) is 6.92 Å². The lowest BCUT2D eigenvalue weighted by atomic mass is 10.3. The van der Waals surface area contributed by atoms with Crippen molar-refractivity contribution in [1.29, 1.82) is 0 Å². The summed E-state index contributed by atoms with van der Waals surface area (Å²) in [6.45, 7) is 5.20. The second kappa shape index (κ2) is 7.18. The summed E-state index contributed by atoms with van der Waals surface area (Å²) in [6, 6.07) is 0. The number of halogens is 2. The van der Waals surface area contributed by atoms with Crippen molar-refractivity contribution in [1.82, 2.24) is 5.32 Å². The maximum atomic E-state index is 10.9. The van der Waals surface area contributed by atoms with Crippen molar-refractivity contribution in [3.8, 4) is 0 Å². The number of nitrogens with one attached hydrogen (secondary N) is 1. The highest BCUT2D eigenvalue weighted by molar-refractivity contribution is 6.21. The normalized spacial score (nSPS) is 10.2. The van der Waals surface area contributed by atoms with E-state index in [4.69, 9.17) is 27.9 Å². The summed E-state index contributed by atoms with van der Waals surface area (Å²) in [5.41, 5.74) is 0.442. The highest BCUT2D eigenvalue weighted by Crippen LogP contribution is 1.97. The van der Waals surface area contributed by atoms with E-state index < -0.39 is 0 Å². The third kappa shape index (κ3) is 5.91. The molecule has 0 fully saturated rings. The van der Waals surface area contributed by atoms with E-state index in [1.807, 2.05) is 0 Å². The van der Waals surface area contributed by atoms with Crippen LogP contribution in [0.1, 0.15) is 6.92 Å². The third-order valence-electron chi connectivity index (χ3n) is 1.28. The molecule has 0 spiro atoms. The zero-order valence-electron chi connectivity index (χ0n) is 7.48. The van der Waals surface area contributed by atoms with E-state index in [1.165, 1.54) is 0 Å². The Balaban J connectivity index is 3.54. The Kier molecular flexibility index (Phi) is 7.04. The van der Waals surface area contributed by atoms with Gasteiger partial charge in [-0.05, 0) is 6.92 Å². The Hall–Kier alpha value is -0.250. The molecule has 76 valence electrons. The molecule has 0 rings (SSSR count). The standard InChI is InChI=1S/C8H13Cl2NO2/c1-6(2)8(12)11-5-13-7(3-9)4-10/h7H,1,3-5H2,2H3,(H,11,12). The van der Waals surface area contributed by atoms with Crippen LogP contribution in [0.2, 0.25) is 0 Å². The van der Waals surface area contributed by atoms with Crippen molar-refractivity contribution in [2.45, 2.75) is 13.0 Å². The van der Waals surface area contributed by atoms with Crippen molar-refractivity contribution >= 4 is 29.1 Å². The molecule has 0 aromatic rings. The maximum absolute atomic E-state index is 10.9. The van der Waals surface area contributed by atoms with Gasteiger partial charge in [0.1, 0.15) is 6.73 Å². The Morgan fingerprint density at radius 2 is 2.08 bits per heavy atom. The molecule has 0 saturated heterocycles. The number of hydrogen-bond acceptors (Lipinski definition) is 2. The zero-order chi connectivity index (χ0) is 10.3. The lowest BCUT2D eigenvalue weighted by Gasteiger charge is -2.12. The predicted octanol–water partition coefficient (Wildman–Crippen LogP) is 1.50. The second-order valence-corrected chi connectivity index (χ2v) is 3.15. The molecule has 0 heterocycles. The number of carbonyl (C=O) groups is 1. The average Bonchev–Trinajstić information content (AvgIpc) is 2.12. The molecule has 5 heteroatoms. The van der Waals surface area contributed by atoms with Gasteiger partial charge in [-0.3, -0.25) is 4.79 Å². The van der Waals surface area contributed by atoms with Crippen LogP contribution in [0.15, 0.2) is 12.2 Å². The number of carbonyl (C=O) groups excluding carboxylic acids is 1. The first-order valence-corrected chi connectivity index (χ1v) is 4.86. The molecular formula is C8H13Cl2NO2. The number of alkyl halides is 2. The Labute approximate surface area is 88.0 Å². The van der Waals surface area contributed by atoms with Gasteiger partial charge >= 0.3 is 0 Å². The molecule has 0 atom stereocenters. The molecule has 1 N–H and O–H groups in total. The third-order valence-corrected chi connectivity index (χ3v) is 1.97. The fourth-order valence-corrected chi connectivity index (χ4v) is 1.01. The Morgan fingerprint density at radius 3 is 2.46 bits per heavy atom. The van der Waals surface area contributed by atoms with E-state index in [-0.39, 0.29) is 18.7 Å². The van der Waals surface area contributed by atoms with Crippen molar-refractivity contribution < 1.29 is 9.53 Å². The lowest BCUT2D eigenvalue weighted by Crippen LogP contribution is -2.30. The van der Waals surface area contributed by atoms with Crippen molar-refractivity contribution in [2.75, 3.05) is 18.5 Å². The van der Waals surface area contributed by atoms with Crippen LogP contribution in [0, 0.1) is 0 Å². The van der Waals surface area contributed by atoms with Gasteiger partial charge in [0, 0.05) is 17.3 Å². The van der Waals surface area contributed by atoms with Crippen LogP contribution in [0.5, 0.6) is 0 Å². The molecular weight excluding hydrogens is 213 g/mol. The zero-order valence-corrected chi connectivity index (χ0v) is 8.99. The van der Waals surface area contributed by atoms with Crippen molar-refractivity contribution in [3.63, 3.8) is 0 Å². The fourth-order valence-electron chi connectivity index (χ4n) is 0.506. The molecule has 0 aromatic carbocycles. The minimum atomic E-state index is -0.233. The predicted molar refractivity (Wildman–Crippen MR) is 54.1 cm³/mol. The largest absolute Gasteiger partial charge is 0.356 e. The lowest BCUT2D eigenvalue weighted by molar-refractivity contribution is -0.119. The van der Waals surface area contributed by atoms with Crippen LogP contribution in [-0.2, 0) is 9.53 Å². The van der Waals surface area contributed by atoms with E-state index in [9.17, 15) is 4.79 Å². The monoisotopic (exact) mass is 225 g/mol. The molecule has 0 aliphatic rings. The summed E-state index contributed by atoms with van der Waals surface area (Å²) in [4.78, 5) is 10.9. The summed E-state index contributed by atoms with van der Waals surface area (Å²) in [5, 5.41) is 2.50. The van der Waals surface area contributed by atoms with Crippen LogP contribution in [0.3, 0.4) is 0 Å². The summed E-state index contributed by atoms with van der Waals surface area (Å²) in [5.74, 6) is 0.390. The average molecular weight is 226 g/mol. The first-order chi connectivity index (χ1) is 6.11. The SMILES string of the molecule is C=C(C)C(=O)NCOC(CCl)CCl. The van der Waals surface area contributed by atoms with Gasteiger partial charge in [-0.2, -0.15) is 0 Å². The number of rotatable bonds is 6.